The third kappa shape index (κ3) is 3.64. The van der Waals surface area contributed by atoms with E-state index in [4.69, 9.17) is 14.6 Å². The second-order valence-corrected chi connectivity index (χ2v) is 11.0. The zero-order valence-corrected chi connectivity index (χ0v) is 18.4. The summed E-state index contributed by atoms with van der Waals surface area (Å²) in [6.07, 6.45) is 7.40. The third-order valence-corrected chi connectivity index (χ3v) is 8.35. The zero-order chi connectivity index (χ0) is 21.8. The molecule has 0 heterocycles. The van der Waals surface area contributed by atoms with Crippen molar-refractivity contribution in [3.05, 3.63) is 53.6 Å². The Morgan fingerprint density at radius 2 is 1.58 bits per heavy atom. The summed E-state index contributed by atoms with van der Waals surface area (Å²) in [4.78, 5) is 12.8. The summed E-state index contributed by atoms with van der Waals surface area (Å²) in [6.45, 7) is 0. The van der Waals surface area contributed by atoms with Crippen LogP contribution in [0, 0.1) is 17.8 Å². The Balaban J connectivity index is 1.49. The predicted molar refractivity (Wildman–Crippen MR) is 116 cm³/mol. The molecule has 4 aliphatic rings. The molecule has 6 nitrogen and oxygen atoms in total. The Morgan fingerprint density at radius 1 is 0.968 bits per heavy atom. The number of nitrogens with two attached hydrogens (primary N) is 1. The highest BCUT2D eigenvalue weighted by atomic mass is 32.2. The average molecular weight is 442 g/mol. The lowest BCUT2D eigenvalue weighted by Crippen LogP contribution is -2.48. The third-order valence-electron chi connectivity index (χ3n) is 7.40. The quantitative estimate of drug-likeness (QED) is 0.558. The van der Waals surface area contributed by atoms with Crippen molar-refractivity contribution >= 4 is 16.0 Å². The number of carbonyl (C=O) groups excluding carboxylic acids is 1. The predicted octanol–water partition coefficient (Wildman–Crippen LogP) is 4.03. The Hall–Kier alpha value is -2.38. The van der Waals surface area contributed by atoms with Crippen molar-refractivity contribution in [3.63, 3.8) is 0 Å². The normalized spacial score (nSPS) is 29.0. The zero-order valence-electron chi connectivity index (χ0n) is 17.5. The van der Waals surface area contributed by atoms with Gasteiger partial charge in [0.25, 0.3) is 0 Å². The van der Waals surface area contributed by atoms with Crippen LogP contribution in [-0.4, -0.2) is 21.5 Å². The molecule has 0 atom stereocenters. The maximum Gasteiger partial charge on any atom is 0.343 e. The first kappa shape index (κ1) is 20.5. The monoisotopic (exact) mass is 441 g/mol. The van der Waals surface area contributed by atoms with E-state index in [9.17, 15) is 13.2 Å². The Morgan fingerprint density at radius 3 is 2.16 bits per heavy atom. The van der Waals surface area contributed by atoms with Crippen LogP contribution in [0.25, 0.3) is 0 Å². The molecule has 2 aromatic rings. The molecule has 0 saturated heterocycles. The molecule has 4 aliphatic carbocycles. The molecule has 31 heavy (non-hydrogen) atoms. The topological polar surface area (TPSA) is 95.7 Å². The number of carbonyl (C=O) groups is 1. The van der Waals surface area contributed by atoms with Crippen LogP contribution in [0.5, 0.6) is 11.5 Å². The average Bonchev–Trinajstić information content (AvgIpc) is 2.72. The van der Waals surface area contributed by atoms with E-state index in [2.05, 4.69) is 0 Å². The van der Waals surface area contributed by atoms with E-state index in [0.717, 1.165) is 48.3 Å². The van der Waals surface area contributed by atoms with Gasteiger partial charge >= 0.3 is 5.97 Å². The van der Waals surface area contributed by atoms with Crippen LogP contribution in [-0.2, 0) is 15.4 Å². The van der Waals surface area contributed by atoms with Gasteiger partial charge in [-0.15, -0.1) is 0 Å². The SMILES string of the molecule is COc1ccc(C(=O)Oc2ccccc2S(N)(=O)=O)cc1C12CC3CC(CC(C3)C1)C2. The number of rotatable bonds is 5. The number of hydrogen-bond donors (Lipinski definition) is 1. The smallest absolute Gasteiger partial charge is 0.343 e. The number of para-hydroxylation sites is 1. The summed E-state index contributed by atoms with van der Waals surface area (Å²) in [5.74, 6) is 2.41. The van der Waals surface area contributed by atoms with Crippen LogP contribution in [0.1, 0.15) is 54.4 Å². The molecule has 4 saturated carbocycles. The first-order valence-corrected chi connectivity index (χ1v) is 12.3. The summed E-state index contributed by atoms with van der Waals surface area (Å²) in [7, 11) is -2.34. The van der Waals surface area contributed by atoms with Crippen molar-refractivity contribution in [3.8, 4) is 11.5 Å². The molecule has 0 radical (unpaired) electrons. The lowest BCUT2D eigenvalue weighted by molar-refractivity contribution is -0.00618. The maximum atomic E-state index is 13.0. The van der Waals surface area contributed by atoms with Crippen molar-refractivity contribution in [1.29, 1.82) is 0 Å². The molecular formula is C24H27NO5S. The molecule has 2 N–H and O–H groups in total. The van der Waals surface area contributed by atoms with Gasteiger partial charge in [0.2, 0.25) is 10.0 Å². The molecule has 0 aromatic heterocycles. The number of primary sulfonamides is 1. The number of hydrogen-bond acceptors (Lipinski definition) is 5. The first-order chi connectivity index (χ1) is 14.8. The molecule has 164 valence electrons. The summed E-state index contributed by atoms with van der Waals surface area (Å²) in [5.41, 5.74) is 1.52. The lowest BCUT2D eigenvalue weighted by Gasteiger charge is -2.57. The van der Waals surface area contributed by atoms with E-state index in [1.165, 1.54) is 37.5 Å². The number of sulfonamides is 1. The van der Waals surface area contributed by atoms with Gasteiger partial charge in [-0.25, -0.2) is 18.4 Å². The number of methoxy groups -OCH3 is 1. The van der Waals surface area contributed by atoms with Gasteiger partial charge in [-0.05, 0) is 92.0 Å². The second-order valence-electron chi connectivity index (χ2n) is 9.49. The number of ether oxygens (including phenoxy) is 2. The molecule has 0 spiro atoms. The fourth-order valence-electron chi connectivity index (χ4n) is 6.62. The van der Waals surface area contributed by atoms with Crippen molar-refractivity contribution in [2.24, 2.45) is 22.9 Å². The molecule has 0 unspecified atom stereocenters. The minimum atomic E-state index is -4.01. The van der Waals surface area contributed by atoms with Crippen LogP contribution in [0.3, 0.4) is 0 Å². The molecule has 4 bridgehead atoms. The van der Waals surface area contributed by atoms with Gasteiger partial charge in [0, 0.05) is 5.56 Å². The Kier molecular flexibility index (Phi) is 4.86. The van der Waals surface area contributed by atoms with Crippen molar-refractivity contribution < 1.29 is 22.7 Å². The molecule has 0 aliphatic heterocycles. The fourth-order valence-corrected chi connectivity index (χ4v) is 7.28. The summed E-state index contributed by atoms with van der Waals surface area (Å²) < 4.78 is 34.8. The Labute approximate surface area is 182 Å². The minimum absolute atomic E-state index is 0.0505. The van der Waals surface area contributed by atoms with E-state index in [1.54, 1.807) is 19.2 Å². The summed E-state index contributed by atoms with van der Waals surface area (Å²) >= 11 is 0. The van der Waals surface area contributed by atoms with E-state index in [1.807, 2.05) is 12.1 Å². The maximum absolute atomic E-state index is 13.0. The standard InChI is InChI=1S/C24H27NO5S/c1-29-20-7-6-18(23(26)30-21-4-2-3-5-22(21)31(25,27)28)11-19(20)24-12-15-8-16(13-24)10-17(9-15)14-24/h2-7,11,15-17H,8-10,12-14H2,1H3,(H2,25,27,28). The lowest BCUT2D eigenvalue weighted by atomic mass is 9.48. The molecular weight excluding hydrogens is 414 g/mol. The van der Waals surface area contributed by atoms with Crippen LogP contribution in [0.2, 0.25) is 0 Å². The van der Waals surface area contributed by atoms with Crippen molar-refractivity contribution in [2.45, 2.75) is 48.8 Å². The Bertz CT molecular complexity index is 1110. The van der Waals surface area contributed by atoms with E-state index < -0.39 is 16.0 Å². The van der Waals surface area contributed by atoms with Gasteiger partial charge in [-0.3, -0.25) is 0 Å². The van der Waals surface area contributed by atoms with E-state index in [-0.39, 0.29) is 16.1 Å². The number of benzene rings is 2. The first-order valence-electron chi connectivity index (χ1n) is 10.8. The minimum Gasteiger partial charge on any atom is -0.496 e. The summed E-state index contributed by atoms with van der Waals surface area (Å²) in [6, 6.07) is 11.3. The van der Waals surface area contributed by atoms with E-state index >= 15 is 0 Å². The van der Waals surface area contributed by atoms with E-state index in [0.29, 0.717) is 5.56 Å². The van der Waals surface area contributed by atoms with Gasteiger partial charge in [0.05, 0.1) is 12.7 Å². The molecule has 7 heteroatoms. The highest BCUT2D eigenvalue weighted by Gasteiger charge is 2.52. The van der Waals surface area contributed by atoms with Gasteiger partial charge in [0.15, 0.2) is 5.75 Å². The van der Waals surface area contributed by atoms with Crippen molar-refractivity contribution in [1.82, 2.24) is 0 Å². The number of esters is 1. The fraction of sp³-hybridized carbons (Fsp3) is 0.458. The summed E-state index contributed by atoms with van der Waals surface area (Å²) in [5, 5.41) is 5.27. The van der Waals surface area contributed by atoms with Crippen LogP contribution < -0.4 is 14.6 Å². The van der Waals surface area contributed by atoms with Gasteiger partial charge < -0.3 is 9.47 Å². The van der Waals surface area contributed by atoms with Crippen molar-refractivity contribution in [2.75, 3.05) is 7.11 Å². The second kappa shape index (κ2) is 7.35. The molecule has 6 rings (SSSR count). The highest BCUT2D eigenvalue weighted by molar-refractivity contribution is 7.89. The van der Waals surface area contributed by atoms with Crippen LogP contribution in [0.4, 0.5) is 0 Å². The molecule has 4 fully saturated rings. The van der Waals surface area contributed by atoms with Gasteiger partial charge in [0.1, 0.15) is 10.6 Å². The highest BCUT2D eigenvalue weighted by Crippen LogP contribution is 2.61. The molecule has 0 amide bonds. The molecule has 2 aromatic carbocycles. The van der Waals surface area contributed by atoms with Gasteiger partial charge in [-0.2, -0.15) is 0 Å². The van der Waals surface area contributed by atoms with Crippen LogP contribution in [0.15, 0.2) is 47.4 Å². The largest absolute Gasteiger partial charge is 0.496 e. The van der Waals surface area contributed by atoms with Crippen LogP contribution >= 0.6 is 0 Å². The van der Waals surface area contributed by atoms with Gasteiger partial charge in [-0.1, -0.05) is 12.1 Å².